The molecule has 0 aromatic heterocycles. The third-order valence-electron chi connectivity index (χ3n) is 3.76. The Morgan fingerprint density at radius 2 is 1.62 bits per heavy atom. The summed E-state index contributed by atoms with van der Waals surface area (Å²) in [6, 6.07) is 19.1. The van der Waals surface area contributed by atoms with Gasteiger partial charge in [-0.15, -0.1) is 0 Å². The average Bonchev–Trinajstić information content (AvgIpc) is 2.52. The molecule has 1 aliphatic rings. The number of anilines is 2. The lowest BCUT2D eigenvalue weighted by Crippen LogP contribution is -2.22. The van der Waals surface area contributed by atoms with E-state index in [-0.39, 0.29) is 0 Å². The van der Waals surface area contributed by atoms with Gasteiger partial charge in [0.05, 0.1) is 0 Å². The van der Waals surface area contributed by atoms with Crippen molar-refractivity contribution in [1.29, 1.82) is 0 Å². The zero-order chi connectivity index (χ0) is 14.7. The number of nitrogens with zero attached hydrogens (tertiary/aromatic N) is 1. The third-order valence-corrected chi connectivity index (χ3v) is 4.28. The minimum Gasteiger partial charge on any atom is -0.314 e. The Labute approximate surface area is 134 Å². The molecule has 1 atom stereocenters. The Morgan fingerprint density at radius 3 is 2.29 bits per heavy atom. The van der Waals surface area contributed by atoms with Crippen LogP contribution in [0, 0.1) is 5.92 Å². The van der Waals surface area contributed by atoms with Crippen LogP contribution in [0.3, 0.4) is 0 Å². The van der Waals surface area contributed by atoms with E-state index in [2.05, 4.69) is 101 Å². The normalized spacial score (nSPS) is 17.4. The van der Waals surface area contributed by atoms with Gasteiger partial charge in [-0.1, -0.05) is 53.2 Å². The van der Waals surface area contributed by atoms with Crippen LogP contribution in [0.25, 0.3) is 0 Å². The molecular weight excluding hydrogens is 322 g/mol. The first-order valence-electron chi connectivity index (χ1n) is 7.23. The summed E-state index contributed by atoms with van der Waals surface area (Å²) >= 11 is 3.51. The largest absolute Gasteiger partial charge is 0.314 e. The molecule has 0 saturated heterocycles. The van der Waals surface area contributed by atoms with Crippen molar-refractivity contribution >= 4 is 27.3 Å². The van der Waals surface area contributed by atoms with Crippen LogP contribution in [-0.2, 0) is 0 Å². The van der Waals surface area contributed by atoms with Crippen LogP contribution in [0.2, 0.25) is 0 Å². The Morgan fingerprint density at radius 1 is 0.952 bits per heavy atom. The molecule has 2 aromatic carbocycles. The number of rotatable bonds is 3. The Kier molecular flexibility index (Phi) is 4.26. The molecule has 21 heavy (non-hydrogen) atoms. The zero-order valence-electron chi connectivity index (χ0n) is 12.0. The molecule has 3 rings (SSSR count). The highest BCUT2D eigenvalue weighted by Crippen LogP contribution is 2.35. The predicted molar refractivity (Wildman–Crippen MR) is 93.7 cm³/mol. The maximum atomic E-state index is 3.51. The van der Waals surface area contributed by atoms with Gasteiger partial charge in [-0.2, -0.15) is 0 Å². The van der Waals surface area contributed by atoms with Gasteiger partial charge < -0.3 is 4.90 Å². The summed E-state index contributed by atoms with van der Waals surface area (Å²) in [4.78, 5) is 2.35. The molecule has 2 heteroatoms. The molecule has 1 unspecified atom stereocenters. The minimum absolute atomic E-state index is 0.513. The van der Waals surface area contributed by atoms with Crippen molar-refractivity contribution in [3.63, 3.8) is 0 Å². The smallest absolute Gasteiger partial charge is 0.0459 e. The van der Waals surface area contributed by atoms with Gasteiger partial charge in [0.1, 0.15) is 0 Å². The molecule has 1 aliphatic carbocycles. The van der Waals surface area contributed by atoms with Crippen LogP contribution in [0.5, 0.6) is 0 Å². The quantitative estimate of drug-likeness (QED) is 0.656. The minimum atomic E-state index is 0.513. The summed E-state index contributed by atoms with van der Waals surface area (Å²) < 4.78 is 1.10. The van der Waals surface area contributed by atoms with Crippen LogP contribution in [0.1, 0.15) is 13.3 Å². The van der Waals surface area contributed by atoms with Crippen LogP contribution >= 0.6 is 15.9 Å². The molecule has 1 nitrogen and oxygen atoms in total. The van der Waals surface area contributed by atoms with E-state index in [1.54, 1.807) is 0 Å². The summed E-state index contributed by atoms with van der Waals surface area (Å²) in [7, 11) is 0. The monoisotopic (exact) mass is 339 g/mol. The van der Waals surface area contributed by atoms with E-state index in [0.29, 0.717) is 5.92 Å². The highest BCUT2D eigenvalue weighted by atomic mass is 79.9. The molecule has 0 saturated carbocycles. The Hall–Kier alpha value is -1.80. The van der Waals surface area contributed by atoms with Crippen molar-refractivity contribution in [2.24, 2.45) is 5.92 Å². The van der Waals surface area contributed by atoms with Crippen molar-refractivity contribution in [2.45, 2.75) is 13.3 Å². The Bertz CT molecular complexity index is 656. The van der Waals surface area contributed by atoms with Crippen molar-refractivity contribution in [1.82, 2.24) is 0 Å². The van der Waals surface area contributed by atoms with Crippen LogP contribution in [-0.4, -0.2) is 0 Å². The van der Waals surface area contributed by atoms with E-state index >= 15 is 0 Å². The fraction of sp³-hybridized carbons (Fsp3) is 0.158. The molecule has 2 aromatic rings. The molecule has 0 heterocycles. The van der Waals surface area contributed by atoms with E-state index in [1.807, 2.05) is 0 Å². The van der Waals surface area contributed by atoms with E-state index in [0.717, 1.165) is 10.9 Å². The maximum Gasteiger partial charge on any atom is 0.0459 e. The second-order valence-electron chi connectivity index (χ2n) is 5.30. The van der Waals surface area contributed by atoms with Crippen molar-refractivity contribution < 1.29 is 0 Å². The lowest BCUT2D eigenvalue weighted by atomic mass is 9.97. The van der Waals surface area contributed by atoms with Crippen molar-refractivity contribution in [3.05, 3.63) is 83.0 Å². The molecule has 0 N–H and O–H groups in total. The number of benzene rings is 2. The molecular formula is C19H18BrN. The van der Waals surface area contributed by atoms with Gasteiger partial charge in [0.15, 0.2) is 0 Å². The van der Waals surface area contributed by atoms with Gasteiger partial charge in [0.25, 0.3) is 0 Å². The molecule has 0 bridgehead atoms. The zero-order valence-corrected chi connectivity index (χ0v) is 13.6. The molecule has 0 spiro atoms. The second kappa shape index (κ2) is 6.31. The fourth-order valence-electron chi connectivity index (χ4n) is 2.64. The van der Waals surface area contributed by atoms with Crippen LogP contribution in [0.4, 0.5) is 11.4 Å². The van der Waals surface area contributed by atoms with E-state index in [4.69, 9.17) is 0 Å². The highest BCUT2D eigenvalue weighted by molar-refractivity contribution is 9.10. The van der Waals surface area contributed by atoms with Crippen molar-refractivity contribution in [3.8, 4) is 0 Å². The van der Waals surface area contributed by atoms with Gasteiger partial charge in [0, 0.05) is 27.5 Å². The lowest BCUT2D eigenvalue weighted by Gasteiger charge is -2.32. The first-order chi connectivity index (χ1) is 10.3. The molecule has 0 radical (unpaired) electrons. The first-order valence-corrected chi connectivity index (χ1v) is 8.02. The summed E-state index contributed by atoms with van der Waals surface area (Å²) in [5, 5.41) is 0. The summed E-state index contributed by atoms with van der Waals surface area (Å²) in [5.41, 5.74) is 3.73. The lowest BCUT2D eigenvalue weighted by molar-refractivity contribution is 0.670. The first kappa shape index (κ1) is 14.2. The molecule has 106 valence electrons. The van der Waals surface area contributed by atoms with Gasteiger partial charge in [-0.25, -0.2) is 0 Å². The van der Waals surface area contributed by atoms with E-state index < -0.39 is 0 Å². The van der Waals surface area contributed by atoms with Gasteiger partial charge >= 0.3 is 0 Å². The predicted octanol–water partition coefficient (Wildman–Crippen LogP) is 6.07. The summed E-state index contributed by atoms with van der Waals surface area (Å²) in [5.74, 6) is 0.513. The standard InChI is InChI=1S/C19H18BrN/c1-15-7-5-6-10-19(15)21(17-8-3-2-4-9-17)18-13-11-16(20)12-14-18/h2-6,8-15H,7H2,1H3. The molecule has 0 aliphatic heterocycles. The fourth-order valence-corrected chi connectivity index (χ4v) is 2.91. The van der Waals surface area contributed by atoms with Gasteiger partial charge in [-0.3, -0.25) is 0 Å². The number of para-hydroxylation sites is 1. The summed E-state index contributed by atoms with van der Waals surface area (Å²) in [6.07, 6.45) is 7.71. The van der Waals surface area contributed by atoms with Crippen molar-refractivity contribution in [2.75, 3.05) is 4.90 Å². The summed E-state index contributed by atoms with van der Waals surface area (Å²) in [6.45, 7) is 2.28. The number of hydrogen-bond donors (Lipinski definition) is 0. The second-order valence-corrected chi connectivity index (χ2v) is 6.22. The van der Waals surface area contributed by atoms with E-state index in [1.165, 1.54) is 17.1 Å². The van der Waals surface area contributed by atoms with Gasteiger partial charge in [-0.05, 0) is 48.9 Å². The van der Waals surface area contributed by atoms with Crippen LogP contribution in [0.15, 0.2) is 83.0 Å². The van der Waals surface area contributed by atoms with E-state index in [9.17, 15) is 0 Å². The maximum absolute atomic E-state index is 3.51. The number of hydrogen-bond acceptors (Lipinski definition) is 1. The topological polar surface area (TPSA) is 3.24 Å². The van der Waals surface area contributed by atoms with Crippen LogP contribution < -0.4 is 4.90 Å². The molecule has 0 amide bonds. The Balaban J connectivity index is 2.09. The van der Waals surface area contributed by atoms with Gasteiger partial charge in [0.2, 0.25) is 0 Å². The SMILES string of the molecule is CC1CC=CC=C1N(c1ccccc1)c1ccc(Br)cc1. The average molecular weight is 340 g/mol. The third kappa shape index (κ3) is 3.11. The number of halogens is 1. The highest BCUT2D eigenvalue weighted by Gasteiger charge is 2.20. The number of allylic oxidation sites excluding steroid dienone is 4. The molecule has 0 fully saturated rings.